The first kappa shape index (κ1) is 15.1. The van der Waals surface area contributed by atoms with Crippen molar-refractivity contribution in [2.24, 2.45) is 5.92 Å². The largest absolute Gasteiger partial charge is 0.319 e. The Bertz CT molecular complexity index is 498. The van der Waals surface area contributed by atoms with Crippen LogP contribution in [0.5, 0.6) is 0 Å². The number of rotatable bonds is 6. The van der Waals surface area contributed by atoms with Crippen LogP contribution in [-0.2, 0) is 10.0 Å². The fourth-order valence-corrected chi connectivity index (χ4v) is 2.89. The van der Waals surface area contributed by atoms with Crippen molar-refractivity contribution in [1.29, 1.82) is 0 Å². The molecule has 0 radical (unpaired) electrons. The summed E-state index contributed by atoms with van der Waals surface area (Å²) < 4.78 is 26.8. The number of hydrogen-bond acceptors (Lipinski definition) is 3. The van der Waals surface area contributed by atoms with E-state index in [0.717, 1.165) is 17.7 Å². The van der Waals surface area contributed by atoms with Gasteiger partial charge in [0.05, 0.1) is 4.90 Å². The highest BCUT2D eigenvalue weighted by Gasteiger charge is 2.15. The van der Waals surface area contributed by atoms with Gasteiger partial charge in [-0.25, -0.2) is 13.1 Å². The van der Waals surface area contributed by atoms with Crippen molar-refractivity contribution in [3.63, 3.8) is 0 Å². The molecule has 0 saturated heterocycles. The van der Waals surface area contributed by atoms with Gasteiger partial charge in [0.1, 0.15) is 0 Å². The highest BCUT2D eigenvalue weighted by molar-refractivity contribution is 7.89. The molecule has 1 aromatic rings. The predicted molar refractivity (Wildman–Crippen MR) is 74.2 cm³/mol. The van der Waals surface area contributed by atoms with Crippen LogP contribution in [0.2, 0.25) is 0 Å². The maximum atomic E-state index is 12.1. The average Bonchev–Trinajstić information content (AvgIpc) is 2.30. The van der Waals surface area contributed by atoms with Gasteiger partial charge in [0.25, 0.3) is 0 Å². The minimum Gasteiger partial charge on any atom is -0.319 e. The van der Waals surface area contributed by atoms with Crippen molar-refractivity contribution in [2.45, 2.75) is 25.7 Å². The van der Waals surface area contributed by atoms with Crippen molar-refractivity contribution in [1.82, 2.24) is 10.0 Å². The second-order valence-corrected chi connectivity index (χ2v) is 6.53. The third kappa shape index (κ3) is 4.08. The van der Waals surface area contributed by atoms with E-state index in [1.165, 1.54) is 0 Å². The molecule has 0 fully saturated rings. The highest BCUT2D eigenvalue weighted by Crippen LogP contribution is 2.14. The summed E-state index contributed by atoms with van der Waals surface area (Å²) in [6, 6.07) is 5.19. The summed E-state index contributed by atoms with van der Waals surface area (Å²) in [7, 11) is -1.54. The number of nitrogens with one attached hydrogen (secondary N) is 2. The van der Waals surface area contributed by atoms with Crippen LogP contribution in [0, 0.1) is 19.8 Å². The summed E-state index contributed by atoms with van der Waals surface area (Å²) in [4.78, 5) is 0.335. The Balaban J connectivity index is 2.77. The molecule has 0 aromatic heterocycles. The quantitative estimate of drug-likeness (QED) is 0.822. The van der Waals surface area contributed by atoms with E-state index in [9.17, 15) is 8.42 Å². The fourth-order valence-electron chi connectivity index (χ4n) is 1.64. The highest BCUT2D eigenvalue weighted by atomic mass is 32.2. The Morgan fingerprint density at radius 2 is 1.83 bits per heavy atom. The lowest BCUT2D eigenvalue weighted by Crippen LogP contribution is -2.32. The first-order chi connectivity index (χ1) is 8.36. The zero-order valence-electron chi connectivity index (χ0n) is 11.4. The Kier molecular flexibility index (Phi) is 5.31. The van der Waals surface area contributed by atoms with E-state index in [4.69, 9.17) is 0 Å². The lowest BCUT2D eigenvalue weighted by Gasteiger charge is -2.13. The van der Waals surface area contributed by atoms with E-state index < -0.39 is 10.0 Å². The molecule has 0 heterocycles. The molecular weight excluding hydrogens is 248 g/mol. The van der Waals surface area contributed by atoms with Crippen LogP contribution >= 0.6 is 0 Å². The molecule has 4 nitrogen and oxygen atoms in total. The van der Waals surface area contributed by atoms with Gasteiger partial charge in [-0.1, -0.05) is 13.0 Å². The van der Waals surface area contributed by atoms with Crippen LogP contribution in [0.3, 0.4) is 0 Å². The van der Waals surface area contributed by atoms with Crippen LogP contribution < -0.4 is 10.0 Å². The van der Waals surface area contributed by atoms with Crippen LogP contribution in [0.15, 0.2) is 23.1 Å². The molecule has 0 bridgehead atoms. The lowest BCUT2D eigenvalue weighted by molar-refractivity contribution is 0.519. The van der Waals surface area contributed by atoms with Gasteiger partial charge in [0.2, 0.25) is 10.0 Å². The standard InChI is InChI=1S/C13H22N2O2S/c1-10(8-14-4)9-15-18(16,17)13-6-5-11(2)12(3)7-13/h5-7,10,14-15H,8-9H2,1-4H3. The van der Waals surface area contributed by atoms with Crippen molar-refractivity contribution in [3.8, 4) is 0 Å². The molecule has 1 atom stereocenters. The van der Waals surface area contributed by atoms with E-state index in [0.29, 0.717) is 11.4 Å². The molecule has 1 rings (SSSR count). The summed E-state index contributed by atoms with van der Waals surface area (Å²) >= 11 is 0. The molecule has 0 spiro atoms. The van der Waals surface area contributed by atoms with Gasteiger partial charge in [-0.05, 0) is 56.6 Å². The van der Waals surface area contributed by atoms with Crippen molar-refractivity contribution < 1.29 is 8.42 Å². The number of hydrogen-bond donors (Lipinski definition) is 2. The second-order valence-electron chi connectivity index (χ2n) is 4.76. The summed E-state index contributed by atoms with van der Waals surface area (Å²) in [5, 5.41) is 3.03. The van der Waals surface area contributed by atoms with Crippen LogP contribution in [0.4, 0.5) is 0 Å². The van der Waals surface area contributed by atoms with Gasteiger partial charge in [-0.3, -0.25) is 0 Å². The summed E-state index contributed by atoms with van der Waals surface area (Å²) in [5.74, 6) is 0.260. The first-order valence-electron chi connectivity index (χ1n) is 6.08. The topological polar surface area (TPSA) is 58.2 Å². The third-order valence-electron chi connectivity index (χ3n) is 2.96. The molecule has 1 aromatic carbocycles. The van der Waals surface area contributed by atoms with Crippen LogP contribution in [0.1, 0.15) is 18.1 Å². The molecule has 0 aliphatic heterocycles. The normalized spacial score (nSPS) is 13.6. The van der Waals surface area contributed by atoms with E-state index in [2.05, 4.69) is 10.0 Å². The molecule has 0 amide bonds. The number of sulfonamides is 1. The van der Waals surface area contributed by atoms with Gasteiger partial charge in [-0.2, -0.15) is 0 Å². The molecule has 0 saturated carbocycles. The molecule has 1 unspecified atom stereocenters. The molecule has 0 aliphatic rings. The number of aryl methyl sites for hydroxylation is 2. The zero-order chi connectivity index (χ0) is 13.8. The minimum absolute atomic E-state index is 0.260. The monoisotopic (exact) mass is 270 g/mol. The van der Waals surface area contributed by atoms with Gasteiger partial charge in [-0.15, -0.1) is 0 Å². The summed E-state index contributed by atoms with van der Waals surface area (Å²) in [6.45, 7) is 7.11. The van der Waals surface area contributed by atoms with E-state index in [1.807, 2.05) is 33.9 Å². The molecule has 5 heteroatoms. The Morgan fingerprint density at radius 3 is 2.39 bits per heavy atom. The SMILES string of the molecule is CNCC(C)CNS(=O)(=O)c1ccc(C)c(C)c1. The number of benzene rings is 1. The van der Waals surface area contributed by atoms with Crippen LogP contribution in [0.25, 0.3) is 0 Å². The summed E-state index contributed by atoms with van der Waals surface area (Å²) in [6.07, 6.45) is 0. The van der Waals surface area contributed by atoms with Gasteiger partial charge >= 0.3 is 0 Å². The average molecular weight is 270 g/mol. The van der Waals surface area contributed by atoms with Gasteiger partial charge in [0.15, 0.2) is 0 Å². The maximum absolute atomic E-state index is 12.1. The summed E-state index contributed by atoms with van der Waals surface area (Å²) in [5.41, 5.74) is 2.08. The van der Waals surface area contributed by atoms with Crippen LogP contribution in [-0.4, -0.2) is 28.6 Å². The lowest BCUT2D eigenvalue weighted by atomic mass is 10.1. The Morgan fingerprint density at radius 1 is 1.17 bits per heavy atom. The van der Waals surface area contributed by atoms with Crippen molar-refractivity contribution in [3.05, 3.63) is 29.3 Å². The smallest absolute Gasteiger partial charge is 0.240 e. The maximum Gasteiger partial charge on any atom is 0.240 e. The molecule has 102 valence electrons. The fraction of sp³-hybridized carbons (Fsp3) is 0.538. The Hall–Kier alpha value is -0.910. The van der Waals surface area contributed by atoms with Gasteiger partial charge < -0.3 is 5.32 Å². The molecule has 0 aliphatic carbocycles. The first-order valence-corrected chi connectivity index (χ1v) is 7.56. The minimum atomic E-state index is -3.39. The predicted octanol–water partition coefficient (Wildman–Crippen LogP) is 1.44. The Labute approximate surface area is 110 Å². The zero-order valence-corrected chi connectivity index (χ0v) is 12.3. The third-order valence-corrected chi connectivity index (χ3v) is 4.38. The van der Waals surface area contributed by atoms with Crippen molar-refractivity contribution >= 4 is 10.0 Å². The van der Waals surface area contributed by atoms with Gasteiger partial charge in [0, 0.05) is 6.54 Å². The van der Waals surface area contributed by atoms with E-state index in [1.54, 1.807) is 12.1 Å². The molecule has 18 heavy (non-hydrogen) atoms. The van der Waals surface area contributed by atoms with E-state index in [-0.39, 0.29) is 5.92 Å². The second kappa shape index (κ2) is 6.31. The molecular formula is C13H22N2O2S. The molecule has 2 N–H and O–H groups in total. The van der Waals surface area contributed by atoms with E-state index >= 15 is 0 Å². The van der Waals surface area contributed by atoms with Crippen molar-refractivity contribution in [2.75, 3.05) is 20.1 Å².